The van der Waals surface area contributed by atoms with Crippen molar-refractivity contribution >= 4 is 5.84 Å². The van der Waals surface area contributed by atoms with Gasteiger partial charge in [-0.05, 0) is 12.8 Å². The van der Waals surface area contributed by atoms with Gasteiger partial charge in [-0.15, -0.1) is 0 Å². The van der Waals surface area contributed by atoms with Crippen LogP contribution in [0.25, 0.3) is 0 Å². The van der Waals surface area contributed by atoms with E-state index in [0.717, 1.165) is 5.84 Å². The molecule has 0 bridgehead atoms. The van der Waals surface area contributed by atoms with Gasteiger partial charge < -0.3 is 10.1 Å². The molecule has 3 nitrogen and oxygen atoms in total. The van der Waals surface area contributed by atoms with Gasteiger partial charge in [0.15, 0.2) is 0 Å². The Morgan fingerprint density at radius 1 is 1.07 bits per heavy atom. The smallest absolute Gasteiger partial charge is 0.146 e. The van der Waals surface area contributed by atoms with Crippen molar-refractivity contribution in [3.05, 3.63) is 0 Å². The fourth-order valence-corrected chi connectivity index (χ4v) is 2.25. The van der Waals surface area contributed by atoms with Crippen LogP contribution in [0.5, 0.6) is 0 Å². The summed E-state index contributed by atoms with van der Waals surface area (Å²) in [5, 5.41) is 12.4. The normalized spacial score (nSPS) is 21.4. The van der Waals surface area contributed by atoms with Gasteiger partial charge in [-0.2, -0.15) is 0 Å². The molecule has 1 saturated carbocycles. The van der Waals surface area contributed by atoms with E-state index >= 15 is 0 Å². The number of oxime groups is 1. The first-order valence-electron chi connectivity index (χ1n) is 5.65. The third kappa shape index (κ3) is 3.20. The van der Waals surface area contributed by atoms with Crippen LogP contribution in [0.3, 0.4) is 0 Å². The molecule has 1 N–H and O–H groups in total. The lowest BCUT2D eigenvalue weighted by molar-refractivity contribution is 0.296. The molecule has 0 aromatic heterocycles. The van der Waals surface area contributed by atoms with E-state index in [0.29, 0.717) is 5.92 Å². The Hall–Kier alpha value is -0.730. The Bertz CT molecular complexity index is 182. The fraction of sp³-hybridized carbons (Fsp3) is 0.909. The number of rotatable bonds is 1. The first-order valence-corrected chi connectivity index (χ1v) is 5.65. The van der Waals surface area contributed by atoms with Gasteiger partial charge in [-0.25, -0.2) is 0 Å². The van der Waals surface area contributed by atoms with Gasteiger partial charge in [0, 0.05) is 20.0 Å². The molecular formula is C11H22N2O. The SMILES string of the molecule is CN(C)/C(=N\O)C1CCCCCCC1. The van der Waals surface area contributed by atoms with Crippen LogP contribution in [0, 0.1) is 5.92 Å². The van der Waals surface area contributed by atoms with Gasteiger partial charge in [0.2, 0.25) is 0 Å². The van der Waals surface area contributed by atoms with Crippen molar-refractivity contribution in [1.29, 1.82) is 0 Å². The molecule has 0 aliphatic heterocycles. The molecule has 1 aliphatic rings. The second-order valence-electron chi connectivity index (χ2n) is 4.39. The highest BCUT2D eigenvalue weighted by Gasteiger charge is 2.19. The number of hydrogen-bond donors (Lipinski definition) is 1. The van der Waals surface area contributed by atoms with Crippen molar-refractivity contribution < 1.29 is 5.21 Å². The summed E-state index contributed by atoms with van der Waals surface area (Å²) in [5.41, 5.74) is 0. The van der Waals surface area contributed by atoms with Crippen molar-refractivity contribution in [2.24, 2.45) is 11.1 Å². The summed E-state index contributed by atoms with van der Waals surface area (Å²) in [7, 11) is 3.90. The zero-order valence-corrected chi connectivity index (χ0v) is 9.37. The molecule has 0 spiro atoms. The average Bonchev–Trinajstić information content (AvgIpc) is 2.08. The molecule has 1 fully saturated rings. The first kappa shape index (κ1) is 11.3. The first-order chi connectivity index (χ1) is 6.75. The van der Waals surface area contributed by atoms with E-state index in [1.807, 2.05) is 19.0 Å². The van der Waals surface area contributed by atoms with Crippen LogP contribution in [0.4, 0.5) is 0 Å². The summed E-state index contributed by atoms with van der Waals surface area (Å²) in [6.07, 6.45) is 8.95. The third-order valence-electron chi connectivity index (χ3n) is 3.03. The summed E-state index contributed by atoms with van der Waals surface area (Å²) < 4.78 is 0. The minimum atomic E-state index is 0.468. The van der Waals surface area contributed by atoms with Crippen LogP contribution in [-0.4, -0.2) is 30.0 Å². The van der Waals surface area contributed by atoms with E-state index in [1.165, 1.54) is 44.9 Å². The van der Waals surface area contributed by atoms with Gasteiger partial charge in [-0.1, -0.05) is 37.3 Å². The molecule has 1 rings (SSSR count). The lowest BCUT2D eigenvalue weighted by Crippen LogP contribution is -2.30. The lowest BCUT2D eigenvalue weighted by atomic mass is 9.90. The van der Waals surface area contributed by atoms with Crippen molar-refractivity contribution in [2.45, 2.75) is 44.9 Å². The maximum absolute atomic E-state index is 8.96. The van der Waals surface area contributed by atoms with Gasteiger partial charge in [0.25, 0.3) is 0 Å². The van der Waals surface area contributed by atoms with Crippen LogP contribution in [-0.2, 0) is 0 Å². The van der Waals surface area contributed by atoms with E-state index in [9.17, 15) is 0 Å². The standard InChI is InChI=1S/C11H22N2O/c1-13(2)11(12-14)10-8-6-4-3-5-7-9-10/h10,14H,3-9H2,1-2H3/b12-11-. The highest BCUT2D eigenvalue weighted by molar-refractivity contribution is 5.83. The van der Waals surface area contributed by atoms with E-state index in [4.69, 9.17) is 5.21 Å². The second-order valence-corrected chi connectivity index (χ2v) is 4.39. The second kappa shape index (κ2) is 5.89. The van der Waals surface area contributed by atoms with Crippen molar-refractivity contribution in [2.75, 3.05) is 14.1 Å². The molecule has 1 aliphatic carbocycles. The van der Waals surface area contributed by atoms with E-state index in [2.05, 4.69) is 5.16 Å². The molecule has 0 atom stereocenters. The number of amidine groups is 1. The van der Waals surface area contributed by atoms with E-state index < -0.39 is 0 Å². The van der Waals surface area contributed by atoms with E-state index in [1.54, 1.807) is 0 Å². The molecule has 3 heteroatoms. The Morgan fingerprint density at radius 2 is 1.57 bits per heavy atom. The summed E-state index contributed by atoms with van der Waals surface area (Å²) in [5.74, 6) is 1.32. The summed E-state index contributed by atoms with van der Waals surface area (Å²) in [6, 6.07) is 0. The van der Waals surface area contributed by atoms with Gasteiger partial charge in [0.1, 0.15) is 5.84 Å². The van der Waals surface area contributed by atoms with Gasteiger partial charge >= 0.3 is 0 Å². The molecule has 0 unspecified atom stereocenters. The Labute approximate surface area is 86.8 Å². The molecule has 0 aromatic carbocycles. The third-order valence-corrected chi connectivity index (χ3v) is 3.03. The highest BCUT2D eigenvalue weighted by Crippen LogP contribution is 2.23. The molecule has 0 saturated heterocycles. The zero-order chi connectivity index (χ0) is 10.4. The fourth-order valence-electron chi connectivity index (χ4n) is 2.25. The van der Waals surface area contributed by atoms with Crippen molar-refractivity contribution in [1.82, 2.24) is 4.90 Å². The summed E-state index contributed by atoms with van der Waals surface area (Å²) in [6.45, 7) is 0. The summed E-state index contributed by atoms with van der Waals surface area (Å²) in [4.78, 5) is 1.94. The topological polar surface area (TPSA) is 35.8 Å². The molecule has 0 radical (unpaired) electrons. The van der Waals surface area contributed by atoms with Gasteiger partial charge in [-0.3, -0.25) is 0 Å². The maximum Gasteiger partial charge on any atom is 0.146 e. The summed E-state index contributed by atoms with van der Waals surface area (Å²) >= 11 is 0. The molecular weight excluding hydrogens is 176 g/mol. The Balaban J connectivity index is 2.54. The largest absolute Gasteiger partial charge is 0.409 e. The molecule has 0 aromatic rings. The molecule has 82 valence electrons. The zero-order valence-electron chi connectivity index (χ0n) is 9.37. The predicted molar refractivity (Wildman–Crippen MR) is 58.7 cm³/mol. The van der Waals surface area contributed by atoms with Crippen molar-refractivity contribution in [3.8, 4) is 0 Å². The van der Waals surface area contributed by atoms with Crippen LogP contribution in [0.15, 0.2) is 5.16 Å². The Morgan fingerprint density at radius 3 is 2.00 bits per heavy atom. The molecule has 0 amide bonds. The Kier molecular flexibility index (Phi) is 4.77. The molecule has 14 heavy (non-hydrogen) atoms. The minimum absolute atomic E-state index is 0.468. The lowest BCUT2D eigenvalue weighted by Gasteiger charge is -2.24. The van der Waals surface area contributed by atoms with E-state index in [-0.39, 0.29) is 0 Å². The number of hydrogen-bond acceptors (Lipinski definition) is 2. The van der Waals surface area contributed by atoms with Crippen molar-refractivity contribution in [3.63, 3.8) is 0 Å². The highest BCUT2D eigenvalue weighted by atomic mass is 16.4. The van der Waals surface area contributed by atoms with Crippen LogP contribution >= 0.6 is 0 Å². The van der Waals surface area contributed by atoms with Crippen LogP contribution < -0.4 is 0 Å². The average molecular weight is 198 g/mol. The van der Waals surface area contributed by atoms with Crippen LogP contribution in [0.2, 0.25) is 0 Å². The minimum Gasteiger partial charge on any atom is -0.409 e. The van der Waals surface area contributed by atoms with Crippen LogP contribution in [0.1, 0.15) is 44.9 Å². The number of nitrogens with zero attached hydrogens (tertiary/aromatic N) is 2. The van der Waals surface area contributed by atoms with Gasteiger partial charge in [0.05, 0.1) is 0 Å². The molecule has 0 heterocycles. The quantitative estimate of drug-likeness (QED) is 0.304. The monoisotopic (exact) mass is 198 g/mol. The predicted octanol–water partition coefficient (Wildman–Crippen LogP) is 2.70. The maximum atomic E-state index is 8.96.